The van der Waals surface area contributed by atoms with Crippen LogP contribution in [0.4, 0.5) is 0 Å². The van der Waals surface area contributed by atoms with Crippen molar-refractivity contribution < 1.29 is 0 Å². The monoisotopic (exact) mass is 155 g/mol. The summed E-state index contributed by atoms with van der Waals surface area (Å²) in [5, 5.41) is 3.60. The van der Waals surface area contributed by atoms with Crippen molar-refractivity contribution in [3.05, 3.63) is 0 Å². The molecule has 1 saturated carbocycles. The van der Waals surface area contributed by atoms with E-state index in [0.29, 0.717) is 6.04 Å². The molecule has 0 aromatic heterocycles. The third-order valence-corrected chi connectivity index (χ3v) is 2.58. The van der Waals surface area contributed by atoms with Crippen LogP contribution in [0.3, 0.4) is 0 Å². The van der Waals surface area contributed by atoms with Crippen LogP contribution in [0, 0.1) is 5.92 Å². The van der Waals surface area contributed by atoms with Crippen molar-refractivity contribution in [2.45, 2.75) is 58.5 Å². The second-order valence-corrected chi connectivity index (χ2v) is 4.28. The average Bonchev–Trinajstić information content (AvgIpc) is 1.93. The maximum atomic E-state index is 3.60. The second kappa shape index (κ2) is 4.10. The molecule has 0 aliphatic heterocycles. The zero-order chi connectivity index (χ0) is 8.27. The van der Waals surface area contributed by atoms with E-state index >= 15 is 0 Å². The van der Waals surface area contributed by atoms with E-state index in [0.717, 1.165) is 12.0 Å². The number of hydrogen-bond acceptors (Lipinski definition) is 1. The Kier molecular flexibility index (Phi) is 3.38. The summed E-state index contributed by atoms with van der Waals surface area (Å²) in [5.41, 5.74) is 0. The standard InChI is InChI=1S/C10H21N/c1-8(2)11-10-6-4-9(3)5-7-10/h8-11H,4-7H2,1-3H3. The average molecular weight is 155 g/mol. The Morgan fingerprint density at radius 2 is 1.64 bits per heavy atom. The molecule has 0 bridgehead atoms. The van der Waals surface area contributed by atoms with Gasteiger partial charge >= 0.3 is 0 Å². The number of hydrogen-bond donors (Lipinski definition) is 1. The Morgan fingerprint density at radius 3 is 2.09 bits per heavy atom. The van der Waals surface area contributed by atoms with Gasteiger partial charge in [0.05, 0.1) is 0 Å². The maximum absolute atomic E-state index is 3.60. The fourth-order valence-corrected chi connectivity index (χ4v) is 1.90. The van der Waals surface area contributed by atoms with Gasteiger partial charge < -0.3 is 5.32 Å². The van der Waals surface area contributed by atoms with Crippen LogP contribution >= 0.6 is 0 Å². The fraction of sp³-hybridized carbons (Fsp3) is 1.00. The van der Waals surface area contributed by atoms with Gasteiger partial charge in [0.2, 0.25) is 0 Å². The Bertz CT molecular complexity index is 101. The second-order valence-electron chi connectivity index (χ2n) is 4.28. The molecule has 1 rings (SSSR count). The quantitative estimate of drug-likeness (QED) is 0.646. The summed E-state index contributed by atoms with van der Waals surface area (Å²) in [4.78, 5) is 0. The van der Waals surface area contributed by atoms with Crippen molar-refractivity contribution in [2.75, 3.05) is 0 Å². The van der Waals surface area contributed by atoms with E-state index in [9.17, 15) is 0 Å². The van der Waals surface area contributed by atoms with Gasteiger partial charge in [-0.2, -0.15) is 0 Å². The summed E-state index contributed by atoms with van der Waals surface area (Å²) in [6.45, 7) is 6.83. The molecule has 0 unspecified atom stereocenters. The van der Waals surface area contributed by atoms with Crippen LogP contribution in [0.25, 0.3) is 0 Å². The first-order chi connectivity index (χ1) is 5.18. The van der Waals surface area contributed by atoms with E-state index in [2.05, 4.69) is 26.1 Å². The summed E-state index contributed by atoms with van der Waals surface area (Å²) in [6, 6.07) is 1.47. The normalized spacial score (nSPS) is 32.7. The van der Waals surface area contributed by atoms with E-state index in [1.165, 1.54) is 25.7 Å². The molecule has 66 valence electrons. The van der Waals surface area contributed by atoms with Crippen LogP contribution < -0.4 is 5.32 Å². The van der Waals surface area contributed by atoms with Crippen molar-refractivity contribution in [3.8, 4) is 0 Å². The molecule has 0 aromatic carbocycles. The maximum Gasteiger partial charge on any atom is 0.00696 e. The van der Waals surface area contributed by atoms with Crippen LogP contribution in [0.5, 0.6) is 0 Å². The molecule has 11 heavy (non-hydrogen) atoms. The highest BCUT2D eigenvalue weighted by atomic mass is 14.9. The molecular weight excluding hydrogens is 134 g/mol. The number of rotatable bonds is 2. The van der Waals surface area contributed by atoms with Crippen LogP contribution in [-0.2, 0) is 0 Å². The van der Waals surface area contributed by atoms with Crippen molar-refractivity contribution in [1.29, 1.82) is 0 Å². The van der Waals surface area contributed by atoms with Gasteiger partial charge in [-0.3, -0.25) is 0 Å². The molecule has 0 atom stereocenters. The summed E-state index contributed by atoms with van der Waals surface area (Å²) in [6.07, 6.45) is 5.62. The minimum Gasteiger partial charge on any atom is -0.312 e. The Hall–Kier alpha value is -0.0400. The molecule has 1 fully saturated rings. The zero-order valence-electron chi connectivity index (χ0n) is 8.06. The largest absolute Gasteiger partial charge is 0.312 e. The van der Waals surface area contributed by atoms with E-state index in [4.69, 9.17) is 0 Å². The molecule has 1 aliphatic carbocycles. The van der Waals surface area contributed by atoms with Crippen LogP contribution in [0.15, 0.2) is 0 Å². The molecule has 0 spiro atoms. The molecule has 0 heterocycles. The summed E-state index contributed by atoms with van der Waals surface area (Å²) >= 11 is 0. The molecule has 0 amide bonds. The minimum atomic E-state index is 0.661. The predicted octanol–water partition coefficient (Wildman–Crippen LogP) is 2.56. The molecule has 0 radical (unpaired) electrons. The van der Waals surface area contributed by atoms with Gasteiger partial charge in [-0.15, -0.1) is 0 Å². The topological polar surface area (TPSA) is 12.0 Å². The van der Waals surface area contributed by atoms with Crippen molar-refractivity contribution in [3.63, 3.8) is 0 Å². The van der Waals surface area contributed by atoms with Gasteiger partial charge in [0, 0.05) is 12.1 Å². The van der Waals surface area contributed by atoms with E-state index in [1.54, 1.807) is 0 Å². The third kappa shape index (κ3) is 3.24. The van der Waals surface area contributed by atoms with Gasteiger partial charge in [0.1, 0.15) is 0 Å². The summed E-state index contributed by atoms with van der Waals surface area (Å²) in [7, 11) is 0. The highest BCUT2D eigenvalue weighted by Crippen LogP contribution is 2.23. The highest BCUT2D eigenvalue weighted by molar-refractivity contribution is 4.76. The van der Waals surface area contributed by atoms with Crippen LogP contribution in [0.1, 0.15) is 46.5 Å². The van der Waals surface area contributed by atoms with Crippen molar-refractivity contribution in [1.82, 2.24) is 5.32 Å². The Balaban J connectivity index is 2.17. The number of nitrogens with one attached hydrogen (secondary N) is 1. The summed E-state index contributed by atoms with van der Waals surface area (Å²) in [5.74, 6) is 0.972. The fourth-order valence-electron chi connectivity index (χ4n) is 1.90. The van der Waals surface area contributed by atoms with Crippen molar-refractivity contribution >= 4 is 0 Å². The molecular formula is C10H21N. The predicted molar refractivity (Wildman–Crippen MR) is 49.7 cm³/mol. The zero-order valence-corrected chi connectivity index (χ0v) is 8.06. The van der Waals surface area contributed by atoms with Gasteiger partial charge in [-0.1, -0.05) is 20.8 Å². The van der Waals surface area contributed by atoms with E-state index in [-0.39, 0.29) is 0 Å². The first-order valence-corrected chi connectivity index (χ1v) is 4.94. The highest BCUT2D eigenvalue weighted by Gasteiger charge is 2.17. The Morgan fingerprint density at radius 1 is 1.09 bits per heavy atom. The molecule has 0 saturated heterocycles. The lowest BCUT2D eigenvalue weighted by Gasteiger charge is -2.28. The SMILES string of the molecule is CC1CCC(NC(C)C)CC1. The van der Waals surface area contributed by atoms with E-state index < -0.39 is 0 Å². The van der Waals surface area contributed by atoms with Gasteiger partial charge in [0.15, 0.2) is 0 Å². The smallest absolute Gasteiger partial charge is 0.00696 e. The lowest BCUT2D eigenvalue weighted by Crippen LogP contribution is -2.37. The first kappa shape index (κ1) is 9.05. The van der Waals surface area contributed by atoms with Gasteiger partial charge in [0.25, 0.3) is 0 Å². The summed E-state index contributed by atoms with van der Waals surface area (Å²) < 4.78 is 0. The molecule has 1 nitrogen and oxygen atoms in total. The Labute approximate surface area is 70.6 Å². The van der Waals surface area contributed by atoms with Gasteiger partial charge in [-0.25, -0.2) is 0 Å². The molecule has 0 aromatic rings. The van der Waals surface area contributed by atoms with Crippen LogP contribution in [0.2, 0.25) is 0 Å². The molecule has 1 aliphatic rings. The lowest BCUT2D eigenvalue weighted by atomic mass is 9.87. The van der Waals surface area contributed by atoms with Crippen LogP contribution in [-0.4, -0.2) is 12.1 Å². The third-order valence-electron chi connectivity index (χ3n) is 2.58. The van der Waals surface area contributed by atoms with E-state index in [1.807, 2.05) is 0 Å². The van der Waals surface area contributed by atoms with Gasteiger partial charge in [-0.05, 0) is 31.6 Å². The van der Waals surface area contributed by atoms with Crippen molar-refractivity contribution in [2.24, 2.45) is 5.92 Å². The lowest BCUT2D eigenvalue weighted by molar-refractivity contribution is 0.295. The first-order valence-electron chi connectivity index (χ1n) is 4.94. The molecule has 1 N–H and O–H groups in total. The minimum absolute atomic E-state index is 0.661. The molecule has 1 heteroatoms.